The summed E-state index contributed by atoms with van der Waals surface area (Å²) in [6.45, 7) is 5.57. The smallest absolute Gasteiger partial charge is 0.308 e. The lowest BCUT2D eigenvalue weighted by Crippen LogP contribution is -2.50. The van der Waals surface area contributed by atoms with Crippen LogP contribution in [0.3, 0.4) is 0 Å². The molecule has 0 amide bonds. The van der Waals surface area contributed by atoms with Crippen LogP contribution in [0.1, 0.15) is 46.0 Å². The van der Waals surface area contributed by atoms with Gasteiger partial charge in [-0.25, -0.2) is 0 Å². The van der Waals surface area contributed by atoms with E-state index in [9.17, 15) is 9.90 Å². The summed E-state index contributed by atoms with van der Waals surface area (Å²) in [4.78, 5) is 11.5. The number of carbonyl (C=O) groups is 1. The Kier molecular flexibility index (Phi) is 8.02. The molecular formula is C14H26O5. The standard InChI is InChI=1S/C14H26O5/c1-3-5-7-17-10-12-14(16)11(9-13(15)19-12)18-8-6-4-2/h11-12,14,16H,3-10H2,1-2H3/t11-,12-,14?/m1/s1. The van der Waals surface area contributed by atoms with Gasteiger partial charge in [0.15, 0.2) is 6.10 Å². The first-order valence-corrected chi connectivity index (χ1v) is 7.25. The zero-order valence-electron chi connectivity index (χ0n) is 12.0. The molecule has 5 nitrogen and oxygen atoms in total. The van der Waals surface area contributed by atoms with E-state index in [1.54, 1.807) is 0 Å². The second-order valence-electron chi connectivity index (χ2n) is 4.91. The van der Waals surface area contributed by atoms with E-state index in [1.165, 1.54) is 0 Å². The summed E-state index contributed by atoms with van der Waals surface area (Å²) in [5.74, 6) is -0.323. The van der Waals surface area contributed by atoms with Gasteiger partial charge in [-0.15, -0.1) is 0 Å². The lowest BCUT2D eigenvalue weighted by molar-refractivity contribution is -0.191. The van der Waals surface area contributed by atoms with Crippen LogP contribution in [0.4, 0.5) is 0 Å². The van der Waals surface area contributed by atoms with Gasteiger partial charge >= 0.3 is 5.97 Å². The van der Waals surface area contributed by atoms with E-state index in [2.05, 4.69) is 13.8 Å². The molecule has 112 valence electrons. The molecule has 0 aliphatic carbocycles. The predicted octanol–water partition coefficient (Wildman–Crippen LogP) is 1.66. The lowest BCUT2D eigenvalue weighted by Gasteiger charge is -2.33. The predicted molar refractivity (Wildman–Crippen MR) is 70.9 cm³/mol. The second-order valence-corrected chi connectivity index (χ2v) is 4.91. The molecule has 5 heteroatoms. The van der Waals surface area contributed by atoms with Gasteiger partial charge in [-0.1, -0.05) is 26.7 Å². The molecule has 1 N–H and O–H groups in total. The van der Waals surface area contributed by atoms with E-state index >= 15 is 0 Å². The van der Waals surface area contributed by atoms with Gasteiger partial charge < -0.3 is 19.3 Å². The number of unbranched alkanes of at least 4 members (excludes halogenated alkanes) is 2. The Balaban J connectivity index is 2.36. The van der Waals surface area contributed by atoms with Crippen LogP contribution in [0, 0.1) is 0 Å². The van der Waals surface area contributed by atoms with Crippen molar-refractivity contribution in [1.82, 2.24) is 0 Å². The number of ether oxygens (including phenoxy) is 3. The van der Waals surface area contributed by atoms with Crippen LogP contribution >= 0.6 is 0 Å². The third-order valence-corrected chi connectivity index (χ3v) is 3.17. The monoisotopic (exact) mass is 274 g/mol. The summed E-state index contributed by atoms with van der Waals surface area (Å²) < 4.78 is 16.1. The SMILES string of the molecule is CCCCOC[C@H]1OC(=O)C[C@@H](OCCCC)C1O. The normalized spacial score (nSPS) is 27.3. The number of hydrogen-bond acceptors (Lipinski definition) is 5. The van der Waals surface area contributed by atoms with E-state index in [0.29, 0.717) is 13.2 Å². The van der Waals surface area contributed by atoms with Crippen molar-refractivity contribution in [3.05, 3.63) is 0 Å². The summed E-state index contributed by atoms with van der Waals surface area (Å²) in [6, 6.07) is 0. The Hall–Kier alpha value is -0.650. The molecule has 1 aliphatic heterocycles. The first kappa shape index (κ1) is 16.4. The highest BCUT2D eigenvalue weighted by molar-refractivity contribution is 5.71. The van der Waals surface area contributed by atoms with Crippen molar-refractivity contribution in [1.29, 1.82) is 0 Å². The fraction of sp³-hybridized carbons (Fsp3) is 0.929. The van der Waals surface area contributed by atoms with E-state index in [4.69, 9.17) is 14.2 Å². The highest BCUT2D eigenvalue weighted by Crippen LogP contribution is 2.19. The number of hydrogen-bond donors (Lipinski definition) is 1. The molecule has 0 radical (unpaired) electrons. The van der Waals surface area contributed by atoms with Gasteiger partial charge in [0, 0.05) is 13.2 Å². The second kappa shape index (κ2) is 9.28. The molecule has 0 saturated carbocycles. The molecule has 19 heavy (non-hydrogen) atoms. The number of aliphatic hydroxyl groups is 1. The minimum absolute atomic E-state index is 0.121. The van der Waals surface area contributed by atoms with Crippen LogP contribution < -0.4 is 0 Å². The van der Waals surface area contributed by atoms with Crippen molar-refractivity contribution in [3.8, 4) is 0 Å². The lowest BCUT2D eigenvalue weighted by atomic mass is 10.0. The van der Waals surface area contributed by atoms with Gasteiger partial charge in [-0.2, -0.15) is 0 Å². The molecule has 1 unspecified atom stereocenters. The summed E-state index contributed by atoms with van der Waals surface area (Å²) in [5.41, 5.74) is 0. The number of aliphatic hydroxyl groups excluding tert-OH is 1. The topological polar surface area (TPSA) is 65.0 Å². The van der Waals surface area contributed by atoms with Crippen molar-refractivity contribution in [2.75, 3.05) is 19.8 Å². The molecular weight excluding hydrogens is 248 g/mol. The number of cyclic esters (lactones) is 1. The van der Waals surface area contributed by atoms with Gasteiger partial charge in [0.25, 0.3) is 0 Å². The van der Waals surface area contributed by atoms with Crippen LogP contribution in [0.25, 0.3) is 0 Å². The molecule has 3 atom stereocenters. The molecule has 0 aromatic heterocycles. The molecule has 0 aromatic rings. The highest BCUT2D eigenvalue weighted by atomic mass is 16.6. The molecule has 0 aromatic carbocycles. The molecule has 0 bridgehead atoms. The quantitative estimate of drug-likeness (QED) is 0.512. The highest BCUT2D eigenvalue weighted by Gasteiger charge is 2.38. The van der Waals surface area contributed by atoms with Gasteiger partial charge in [0.05, 0.1) is 19.1 Å². The van der Waals surface area contributed by atoms with Gasteiger partial charge in [0.1, 0.15) is 6.10 Å². The first-order chi connectivity index (χ1) is 9.19. The van der Waals surface area contributed by atoms with Crippen LogP contribution in [0.2, 0.25) is 0 Å². The number of carbonyl (C=O) groups excluding carboxylic acids is 1. The molecule has 1 saturated heterocycles. The Bertz CT molecular complexity index is 256. The fourth-order valence-corrected chi connectivity index (χ4v) is 1.93. The van der Waals surface area contributed by atoms with Crippen molar-refractivity contribution < 1.29 is 24.1 Å². The van der Waals surface area contributed by atoms with Gasteiger partial charge in [0.2, 0.25) is 0 Å². The van der Waals surface area contributed by atoms with Gasteiger partial charge in [-0.05, 0) is 12.8 Å². The number of rotatable bonds is 9. The number of esters is 1. The third-order valence-electron chi connectivity index (χ3n) is 3.17. The van der Waals surface area contributed by atoms with Crippen molar-refractivity contribution in [3.63, 3.8) is 0 Å². The molecule has 1 fully saturated rings. The molecule has 1 aliphatic rings. The largest absolute Gasteiger partial charge is 0.457 e. The first-order valence-electron chi connectivity index (χ1n) is 7.25. The van der Waals surface area contributed by atoms with E-state index in [0.717, 1.165) is 25.7 Å². The minimum atomic E-state index is -0.795. The van der Waals surface area contributed by atoms with Crippen molar-refractivity contribution >= 4 is 5.97 Å². The summed E-state index contributed by atoms with van der Waals surface area (Å²) in [5, 5.41) is 10.1. The van der Waals surface area contributed by atoms with Gasteiger partial charge in [-0.3, -0.25) is 4.79 Å². The maximum atomic E-state index is 11.5. The summed E-state index contributed by atoms with van der Waals surface area (Å²) in [6.07, 6.45) is 2.22. The van der Waals surface area contributed by atoms with Crippen molar-refractivity contribution in [2.45, 2.75) is 64.3 Å². The molecule has 1 heterocycles. The van der Waals surface area contributed by atoms with Crippen LogP contribution in [0.5, 0.6) is 0 Å². The Labute approximate surface area is 115 Å². The average molecular weight is 274 g/mol. The minimum Gasteiger partial charge on any atom is -0.457 e. The third kappa shape index (κ3) is 5.89. The van der Waals surface area contributed by atoms with Crippen LogP contribution in [0.15, 0.2) is 0 Å². The Morgan fingerprint density at radius 1 is 1.26 bits per heavy atom. The fourth-order valence-electron chi connectivity index (χ4n) is 1.93. The Morgan fingerprint density at radius 2 is 1.95 bits per heavy atom. The summed E-state index contributed by atoms with van der Waals surface area (Å²) >= 11 is 0. The molecule has 1 rings (SSSR count). The zero-order chi connectivity index (χ0) is 14.1. The van der Waals surface area contributed by atoms with Crippen LogP contribution in [-0.4, -0.2) is 49.2 Å². The van der Waals surface area contributed by atoms with Crippen LogP contribution in [-0.2, 0) is 19.0 Å². The summed E-state index contributed by atoms with van der Waals surface area (Å²) in [7, 11) is 0. The zero-order valence-corrected chi connectivity index (χ0v) is 12.0. The Morgan fingerprint density at radius 3 is 2.63 bits per heavy atom. The maximum absolute atomic E-state index is 11.5. The van der Waals surface area contributed by atoms with Crippen molar-refractivity contribution in [2.24, 2.45) is 0 Å². The molecule has 0 spiro atoms. The van der Waals surface area contributed by atoms with E-state index < -0.39 is 18.3 Å². The van der Waals surface area contributed by atoms with E-state index in [1.807, 2.05) is 0 Å². The van der Waals surface area contributed by atoms with E-state index in [-0.39, 0.29) is 19.0 Å². The maximum Gasteiger partial charge on any atom is 0.308 e. The average Bonchev–Trinajstić information content (AvgIpc) is 2.39.